The van der Waals surface area contributed by atoms with Crippen molar-refractivity contribution in [1.82, 2.24) is 4.98 Å². The van der Waals surface area contributed by atoms with Crippen LogP contribution in [0.2, 0.25) is 0 Å². The number of pyridine rings is 1. The van der Waals surface area contributed by atoms with Crippen LogP contribution >= 0.6 is 15.9 Å². The molecule has 0 aliphatic carbocycles. The van der Waals surface area contributed by atoms with E-state index in [4.69, 9.17) is 14.0 Å². The quantitative estimate of drug-likeness (QED) is 0.602. The van der Waals surface area contributed by atoms with E-state index in [2.05, 4.69) is 20.9 Å². The van der Waals surface area contributed by atoms with Gasteiger partial charge in [0.15, 0.2) is 0 Å². The van der Waals surface area contributed by atoms with Crippen LogP contribution in [0.25, 0.3) is 0 Å². The molecule has 5 nitrogen and oxygen atoms in total. The molecule has 2 rings (SSSR count). The van der Waals surface area contributed by atoms with Gasteiger partial charge in [0.1, 0.15) is 0 Å². The standard InChI is InChI=1S/C15H21BBrNO4/c1-14(2)15(3,4)22-16(21-14)11(8-13(19)20-5)12-7-6-10(17)9-18-12/h6-7,9,11H,8H2,1-5H3. The molecule has 1 saturated heterocycles. The van der Waals surface area contributed by atoms with Gasteiger partial charge in [0.2, 0.25) is 0 Å². The Bertz CT molecular complexity index is 531. The minimum atomic E-state index is -0.544. The number of ether oxygens (including phenoxy) is 1. The molecule has 0 radical (unpaired) electrons. The van der Waals surface area contributed by atoms with Gasteiger partial charge in [-0.1, -0.05) is 0 Å². The Morgan fingerprint density at radius 2 is 1.91 bits per heavy atom. The molecule has 1 unspecified atom stereocenters. The molecule has 0 N–H and O–H groups in total. The topological polar surface area (TPSA) is 57.7 Å². The number of esters is 1. The molecule has 1 aliphatic rings. The van der Waals surface area contributed by atoms with E-state index in [1.807, 2.05) is 39.8 Å². The summed E-state index contributed by atoms with van der Waals surface area (Å²) in [4.78, 5) is 16.2. The third-order valence-electron chi connectivity index (χ3n) is 4.34. The number of hydrogen-bond acceptors (Lipinski definition) is 5. The number of hydrogen-bond donors (Lipinski definition) is 0. The van der Waals surface area contributed by atoms with Crippen LogP contribution in [-0.2, 0) is 18.8 Å². The van der Waals surface area contributed by atoms with E-state index in [1.165, 1.54) is 7.11 Å². The van der Waals surface area contributed by atoms with Crippen molar-refractivity contribution in [1.29, 1.82) is 0 Å². The van der Waals surface area contributed by atoms with E-state index >= 15 is 0 Å². The van der Waals surface area contributed by atoms with Crippen molar-refractivity contribution in [3.8, 4) is 0 Å². The smallest absolute Gasteiger partial charge is 0.468 e. The van der Waals surface area contributed by atoms with E-state index in [0.29, 0.717) is 0 Å². The van der Waals surface area contributed by atoms with Crippen molar-refractivity contribution in [2.75, 3.05) is 7.11 Å². The fraction of sp³-hybridized carbons (Fsp3) is 0.600. The van der Waals surface area contributed by atoms with E-state index in [-0.39, 0.29) is 18.2 Å². The predicted octanol–water partition coefficient (Wildman–Crippen LogP) is 3.12. The second-order valence-electron chi connectivity index (χ2n) is 6.41. The Kier molecular flexibility index (Phi) is 4.99. The van der Waals surface area contributed by atoms with Crippen LogP contribution in [-0.4, -0.2) is 36.4 Å². The van der Waals surface area contributed by atoms with Crippen molar-refractivity contribution < 1.29 is 18.8 Å². The fourth-order valence-electron chi connectivity index (χ4n) is 2.26. The van der Waals surface area contributed by atoms with Gasteiger partial charge in [0.05, 0.1) is 24.7 Å². The lowest BCUT2D eigenvalue weighted by Gasteiger charge is -2.32. The molecule has 1 aromatic rings. The average molecular weight is 370 g/mol. The van der Waals surface area contributed by atoms with Crippen molar-refractivity contribution in [3.05, 3.63) is 28.5 Å². The largest absolute Gasteiger partial charge is 0.469 e. The highest BCUT2D eigenvalue weighted by molar-refractivity contribution is 9.10. The molecule has 0 saturated carbocycles. The van der Waals surface area contributed by atoms with Crippen LogP contribution in [0.3, 0.4) is 0 Å². The summed E-state index contributed by atoms with van der Waals surface area (Å²) in [5.41, 5.74) is -0.171. The molecular formula is C15H21BBrNO4. The normalized spacial score (nSPS) is 20.7. The molecule has 0 spiro atoms. The number of halogens is 1. The summed E-state index contributed by atoms with van der Waals surface area (Å²) in [7, 11) is 0.830. The van der Waals surface area contributed by atoms with Gasteiger partial charge in [-0.05, 0) is 55.8 Å². The Hall–Kier alpha value is -0.915. The molecule has 0 bridgehead atoms. The van der Waals surface area contributed by atoms with Gasteiger partial charge in [-0.3, -0.25) is 9.78 Å². The molecule has 1 aliphatic heterocycles. The van der Waals surface area contributed by atoms with E-state index in [9.17, 15) is 4.79 Å². The highest BCUT2D eigenvalue weighted by Gasteiger charge is 2.54. The number of carbonyl (C=O) groups excluding carboxylic acids is 1. The molecular weight excluding hydrogens is 349 g/mol. The molecule has 120 valence electrons. The molecule has 1 atom stereocenters. The zero-order valence-electron chi connectivity index (χ0n) is 13.6. The van der Waals surface area contributed by atoms with E-state index < -0.39 is 18.3 Å². The van der Waals surface area contributed by atoms with Crippen LogP contribution in [0.4, 0.5) is 0 Å². The molecule has 7 heteroatoms. The molecule has 0 amide bonds. The Morgan fingerprint density at radius 1 is 1.32 bits per heavy atom. The monoisotopic (exact) mass is 369 g/mol. The lowest BCUT2D eigenvalue weighted by Crippen LogP contribution is -2.41. The predicted molar refractivity (Wildman–Crippen MR) is 87.4 cm³/mol. The zero-order valence-corrected chi connectivity index (χ0v) is 15.1. The number of nitrogens with zero attached hydrogens (tertiary/aromatic N) is 1. The lowest BCUT2D eigenvalue weighted by atomic mass is 9.68. The van der Waals surface area contributed by atoms with Gasteiger partial charge in [-0.2, -0.15) is 0 Å². The first kappa shape index (κ1) is 17.4. The first-order valence-corrected chi connectivity index (χ1v) is 7.99. The van der Waals surface area contributed by atoms with Crippen LogP contribution in [0.5, 0.6) is 0 Å². The molecule has 0 aromatic carbocycles. The SMILES string of the molecule is COC(=O)CC(B1OC(C)(C)C(C)(C)O1)c1ccc(Br)cn1. The Morgan fingerprint density at radius 3 is 2.36 bits per heavy atom. The maximum absolute atomic E-state index is 11.8. The highest BCUT2D eigenvalue weighted by atomic mass is 79.9. The second kappa shape index (κ2) is 6.30. The zero-order chi connectivity index (χ0) is 16.5. The van der Waals surface area contributed by atoms with E-state index in [1.54, 1.807) is 6.20 Å². The minimum absolute atomic E-state index is 0.155. The Balaban J connectivity index is 2.29. The fourth-order valence-corrected chi connectivity index (χ4v) is 2.50. The van der Waals surface area contributed by atoms with Crippen LogP contribution in [0.1, 0.15) is 45.6 Å². The lowest BCUT2D eigenvalue weighted by molar-refractivity contribution is -0.140. The van der Waals surface area contributed by atoms with Crippen LogP contribution in [0, 0.1) is 0 Å². The van der Waals surface area contributed by atoms with Gasteiger partial charge < -0.3 is 14.0 Å². The van der Waals surface area contributed by atoms with Gasteiger partial charge in [-0.15, -0.1) is 0 Å². The number of methoxy groups -OCH3 is 1. The van der Waals surface area contributed by atoms with Crippen molar-refractivity contribution >= 4 is 29.0 Å². The van der Waals surface area contributed by atoms with Crippen molar-refractivity contribution in [2.45, 2.75) is 51.1 Å². The summed E-state index contributed by atoms with van der Waals surface area (Å²) in [6.07, 6.45) is 1.85. The van der Waals surface area contributed by atoms with E-state index in [0.717, 1.165) is 10.2 Å². The molecule has 2 heterocycles. The Labute approximate surface area is 140 Å². The van der Waals surface area contributed by atoms with Crippen LogP contribution in [0.15, 0.2) is 22.8 Å². The number of carbonyl (C=O) groups is 1. The van der Waals surface area contributed by atoms with Gasteiger partial charge in [0.25, 0.3) is 0 Å². The average Bonchev–Trinajstić information content (AvgIpc) is 2.65. The second-order valence-corrected chi connectivity index (χ2v) is 7.33. The first-order valence-electron chi connectivity index (χ1n) is 7.20. The summed E-state index contributed by atoms with van der Waals surface area (Å²) in [6, 6.07) is 3.75. The summed E-state index contributed by atoms with van der Waals surface area (Å²) in [6.45, 7) is 7.93. The molecule has 1 fully saturated rings. The summed E-state index contributed by atoms with van der Waals surface area (Å²) in [5, 5.41) is 0. The maximum Gasteiger partial charge on any atom is 0.468 e. The summed E-state index contributed by atoms with van der Waals surface area (Å²) < 4.78 is 17.8. The third-order valence-corrected chi connectivity index (χ3v) is 4.81. The van der Waals surface area contributed by atoms with Crippen molar-refractivity contribution in [2.24, 2.45) is 0 Å². The van der Waals surface area contributed by atoms with Gasteiger partial charge in [0, 0.05) is 22.2 Å². The summed E-state index contributed by atoms with van der Waals surface area (Å²) >= 11 is 3.36. The molecule has 22 heavy (non-hydrogen) atoms. The van der Waals surface area contributed by atoms with Gasteiger partial charge in [-0.25, -0.2) is 0 Å². The minimum Gasteiger partial charge on any atom is -0.469 e. The maximum atomic E-state index is 11.8. The first-order chi connectivity index (χ1) is 10.2. The highest BCUT2D eigenvalue weighted by Crippen LogP contribution is 2.41. The number of rotatable bonds is 4. The summed E-state index contributed by atoms with van der Waals surface area (Å²) in [5.74, 6) is -0.633. The number of aromatic nitrogens is 1. The third kappa shape index (κ3) is 3.52. The van der Waals surface area contributed by atoms with Crippen molar-refractivity contribution in [3.63, 3.8) is 0 Å². The van der Waals surface area contributed by atoms with Gasteiger partial charge >= 0.3 is 13.1 Å². The molecule has 1 aromatic heterocycles. The van der Waals surface area contributed by atoms with Crippen LogP contribution < -0.4 is 0 Å².